The van der Waals surface area contributed by atoms with Crippen molar-refractivity contribution in [3.63, 3.8) is 0 Å². The van der Waals surface area contributed by atoms with Gasteiger partial charge in [0.15, 0.2) is 0 Å². The van der Waals surface area contributed by atoms with Gasteiger partial charge in [-0.3, -0.25) is 0 Å². The van der Waals surface area contributed by atoms with Crippen LogP contribution in [0.5, 0.6) is 0 Å². The Bertz CT molecular complexity index is 597. The molecule has 0 fully saturated rings. The summed E-state index contributed by atoms with van der Waals surface area (Å²) in [6.07, 6.45) is 0. The van der Waals surface area contributed by atoms with Gasteiger partial charge in [-0.1, -0.05) is 18.2 Å². The second-order valence-corrected chi connectivity index (χ2v) is 5.52. The fourth-order valence-corrected chi connectivity index (χ4v) is 2.26. The quantitative estimate of drug-likeness (QED) is 0.825. The molecular weight excluding hydrogens is 230 g/mol. The summed E-state index contributed by atoms with van der Waals surface area (Å²) in [6, 6.07) is 11.1. The average Bonchev–Trinajstić information content (AvgIpc) is 2.36. The van der Waals surface area contributed by atoms with Crippen LogP contribution in [0, 0.1) is 34.6 Å². The molecule has 0 saturated heterocycles. The van der Waals surface area contributed by atoms with Crippen molar-refractivity contribution in [2.24, 2.45) is 0 Å². The molecule has 0 unspecified atom stereocenters. The molecule has 0 saturated carbocycles. The smallest absolute Gasteiger partial charge is 0.0403 e. The van der Waals surface area contributed by atoms with Gasteiger partial charge in [0.25, 0.3) is 0 Å². The first-order chi connectivity index (χ1) is 8.97. The summed E-state index contributed by atoms with van der Waals surface area (Å²) >= 11 is 0. The van der Waals surface area contributed by atoms with Crippen LogP contribution >= 0.6 is 0 Å². The van der Waals surface area contributed by atoms with Crippen LogP contribution in [0.3, 0.4) is 0 Å². The van der Waals surface area contributed by atoms with E-state index >= 15 is 0 Å². The van der Waals surface area contributed by atoms with E-state index in [0.717, 1.165) is 6.54 Å². The Labute approximate surface area is 116 Å². The van der Waals surface area contributed by atoms with Crippen molar-refractivity contribution in [2.45, 2.75) is 41.2 Å². The molecule has 1 heteroatoms. The monoisotopic (exact) mass is 253 g/mol. The molecule has 2 aromatic rings. The van der Waals surface area contributed by atoms with E-state index in [4.69, 9.17) is 0 Å². The molecule has 0 heterocycles. The van der Waals surface area contributed by atoms with Gasteiger partial charge >= 0.3 is 0 Å². The predicted octanol–water partition coefficient (Wildman–Crippen LogP) is 4.84. The third-order valence-corrected chi connectivity index (χ3v) is 3.94. The zero-order chi connectivity index (χ0) is 14.0. The molecular formula is C18H23N. The molecule has 19 heavy (non-hydrogen) atoms. The highest BCUT2D eigenvalue weighted by atomic mass is 14.9. The molecule has 1 N–H and O–H groups in total. The number of benzene rings is 2. The highest BCUT2D eigenvalue weighted by molar-refractivity contribution is 5.49. The largest absolute Gasteiger partial charge is 0.381 e. The van der Waals surface area contributed by atoms with E-state index in [0.29, 0.717) is 0 Å². The van der Waals surface area contributed by atoms with Gasteiger partial charge in [-0.05, 0) is 80.1 Å². The Morgan fingerprint density at radius 1 is 0.684 bits per heavy atom. The van der Waals surface area contributed by atoms with E-state index in [-0.39, 0.29) is 0 Å². The predicted molar refractivity (Wildman–Crippen MR) is 83.9 cm³/mol. The van der Waals surface area contributed by atoms with Crippen molar-refractivity contribution < 1.29 is 0 Å². The minimum absolute atomic E-state index is 0.884. The van der Waals surface area contributed by atoms with E-state index < -0.39 is 0 Å². The zero-order valence-electron chi connectivity index (χ0n) is 12.6. The maximum atomic E-state index is 3.52. The molecule has 0 aliphatic rings. The zero-order valence-corrected chi connectivity index (χ0v) is 12.6. The van der Waals surface area contributed by atoms with Crippen molar-refractivity contribution in [3.05, 3.63) is 63.7 Å². The SMILES string of the molecule is Cc1ccc(NCc2cc(C)c(C)cc2C)cc1C. The molecule has 0 spiro atoms. The summed E-state index contributed by atoms with van der Waals surface area (Å²) in [5, 5.41) is 3.52. The van der Waals surface area contributed by atoms with Gasteiger partial charge in [-0.15, -0.1) is 0 Å². The second kappa shape index (κ2) is 5.48. The van der Waals surface area contributed by atoms with Gasteiger partial charge in [0.2, 0.25) is 0 Å². The summed E-state index contributed by atoms with van der Waals surface area (Å²) in [7, 11) is 0. The number of aryl methyl sites for hydroxylation is 5. The lowest BCUT2D eigenvalue weighted by Crippen LogP contribution is -2.03. The van der Waals surface area contributed by atoms with Gasteiger partial charge in [0, 0.05) is 12.2 Å². The molecule has 0 radical (unpaired) electrons. The average molecular weight is 253 g/mol. The summed E-state index contributed by atoms with van der Waals surface area (Å²) in [6.45, 7) is 11.7. The molecule has 0 aliphatic carbocycles. The van der Waals surface area contributed by atoms with E-state index in [2.05, 4.69) is 70.3 Å². The van der Waals surface area contributed by atoms with Crippen LogP contribution in [0.1, 0.15) is 33.4 Å². The molecule has 1 nitrogen and oxygen atoms in total. The Morgan fingerprint density at radius 3 is 2.00 bits per heavy atom. The van der Waals surface area contributed by atoms with Gasteiger partial charge in [-0.25, -0.2) is 0 Å². The van der Waals surface area contributed by atoms with Crippen LogP contribution in [-0.2, 0) is 6.54 Å². The third-order valence-electron chi connectivity index (χ3n) is 3.94. The van der Waals surface area contributed by atoms with Crippen molar-refractivity contribution >= 4 is 5.69 Å². The Kier molecular flexibility index (Phi) is 3.94. The van der Waals surface area contributed by atoms with E-state index in [1.54, 1.807) is 0 Å². The van der Waals surface area contributed by atoms with Crippen molar-refractivity contribution in [2.75, 3.05) is 5.32 Å². The van der Waals surface area contributed by atoms with Crippen molar-refractivity contribution in [1.82, 2.24) is 0 Å². The second-order valence-electron chi connectivity index (χ2n) is 5.52. The standard InChI is InChI=1S/C18H23N/c1-12-6-7-18(10-15(12)4)19-11-17-9-14(3)13(2)8-16(17)5/h6-10,19H,11H2,1-5H3. The highest BCUT2D eigenvalue weighted by Gasteiger charge is 2.02. The number of anilines is 1. The van der Waals surface area contributed by atoms with E-state index in [9.17, 15) is 0 Å². The minimum atomic E-state index is 0.884. The molecule has 0 aromatic heterocycles. The van der Waals surface area contributed by atoms with E-state index in [1.165, 1.54) is 39.1 Å². The van der Waals surface area contributed by atoms with Crippen molar-refractivity contribution in [1.29, 1.82) is 0 Å². The molecule has 100 valence electrons. The number of nitrogens with one attached hydrogen (secondary N) is 1. The maximum Gasteiger partial charge on any atom is 0.0403 e. The lowest BCUT2D eigenvalue weighted by atomic mass is 10.0. The first-order valence-electron chi connectivity index (χ1n) is 6.85. The summed E-state index contributed by atoms with van der Waals surface area (Å²) in [4.78, 5) is 0. The van der Waals surface area contributed by atoms with Gasteiger partial charge in [0.05, 0.1) is 0 Å². The van der Waals surface area contributed by atoms with Crippen LogP contribution in [0.2, 0.25) is 0 Å². The normalized spacial score (nSPS) is 10.6. The topological polar surface area (TPSA) is 12.0 Å². The van der Waals surface area contributed by atoms with Crippen LogP contribution in [0.25, 0.3) is 0 Å². The fraction of sp³-hybridized carbons (Fsp3) is 0.333. The lowest BCUT2D eigenvalue weighted by molar-refractivity contribution is 1.10. The van der Waals surface area contributed by atoms with Crippen LogP contribution in [0.15, 0.2) is 30.3 Å². The van der Waals surface area contributed by atoms with Crippen LogP contribution in [-0.4, -0.2) is 0 Å². The van der Waals surface area contributed by atoms with Crippen LogP contribution in [0.4, 0.5) is 5.69 Å². The first kappa shape index (κ1) is 13.7. The summed E-state index contributed by atoms with van der Waals surface area (Å²) in [5.74, 6) is 0. The number of rotatable bonds is 3. The van der Waals surface area contributed by atoms with Crippen molar-refractivity contribution in [3.8, 4) is 0 Å². The molecule has 0 aliphatic heterocycles. The number of hydrogen-bond acceptors (Lipinski definition) is 1. The molecule has 2 rings (SSSR count). The molecule has 0 atom stereocenters. The highest BCUT2D eigenvalue weighted by Crippen LogP contribution is 2.18. The summed E-state index contributed by atoms with van der Waals surface area (Å²) < 4.78 is 0. The van der Waals surface area contributed by atoms with Crippen LogP contribution < -0.4 is 5.32 Å². The fourth-order valence-electron chi connectivity index (χ4n) is 2.26. The maximum absolute atomic E-state index is 3.52. The molecule has 0 bridgehead atoms. The van der Waals surface area contributed by atoms with Gasteiger partial charge in [0.1, 0.15) is 0 Å². The van der Waals surface area contributed by atoms with Gasteiger partial charge in [-0.2, -0.15) is 0 Å². The third kappa shape index (κ3) is 3.17. The van der Waals surface area contributed by atoms with E-state index in [1.807, 2.05) is 0 Å². The van der Waals surface area contributed by atoms with Gasteiger partial charge < -0.3 is 5.32 Å². The first-order valence-corrected chi connectivity index (χ1v) is 6.85. The summed E-state index contributed by atoms with van der Waals surface area (Å²) in [5.41, 5.74) is 9.34. The minimum Gasteiger partial charge on any atom is -0.381 e. The molecule has 0 amide bonds. The Morgan fingerprint density at radius 2 is 1.32 bits per heavy atom. The number of hydrogen-bond donors (Lipinski definition) is 1. The Balaban J connectivity index is 2.14. The molecule has 2 aromatic carbocycles. The lowest BCUT2D eigenvalue weighted by Gasteiger charge is -2.13. The Hall–Kier alpha value is -1.76.